The van der Waals surface area contributed by atoms with Gasteiger partial charge in [0, 0.05) is 17.6 Å². The first-order chi connectivity index (χ1) is 12.0. The Morgan fingerprint density at radius 2 is 1.96 bits per heavy atom. The zero-order chi connectivity index (χ0) is 18.0. The SMILES string of the molecule is C=C=C(c1ccccc1)[C@@]1(C(=O)OCC)Cc2ccc(C)cc2C1=O. The highest BCUT2D eigenvalue weighted by molar-refractivity contribution is 6.23. The Labute approximate surface area is 147 Å². The molecule has 126 valence electrons. The fourth-order valence-corrected chi connectivity index (χ4v) is 3.48. The number of aryl methyl sites for hydroxylation is 1. The molecule has 3 rings (SSSR count). The van der Waals surface area contributed by atoms with Crippen molar-refractivity contribution in [2.24, 2.45) is 5.41 Å². The van der Waals surface area contributed by atoms with Gasteiger partial charge in [0.25, 0.3) is 0 Å². The normalized spacial score (nSPS) is 18.4. The summed E-state index contributed by atoms with van der Waals surface area (Å²) in [5, 5.41) is 0. The zero-order valence-corrected chi connectivity index (χ0v) is 14.5. The van der Waals surface area contributed by atoms with E-state index in [9.17, 15) is 9.59 Å². The maximum absolute atomic E-state index is 13.4. The molecule has 3 heteroatoms. The Balaban J connectivity index is 2.22. The van der Waals surface area contributed by atoms with Gasteiger partial charge in [-0.15, -0.1) is 5.73 Å². The van der Waals surface area contributed by atoms with Crippen molar-refractivity contribution >= 4 is 17.3 Å². The molecule has 0 heterocycles. The number of hydrogen-bond donors (Lipinski definition) is 0. The largest absolute Gasteiger partial charge is 0.465 e. The average molecular weight is 332 g/mol. The van der Waals surface area contributed by atoms with E-state index >= 15 is 0 Å². The van der Waals surface area contributed by atoms with Crippen molar-refractivity contribution in [3.05, 3.63) is 83.1 Å². The molecule has 0 unspecified atom stereocenters. The van der Waals surface area contributed by atoms with Crippen LogP contribution in [-0.4, -0.2) is 18.4 Å². The number of esters is 1. The number of carbonyl (C=O) groups is 2. The molecular weight excluding hydrogens is 312 g/mol. The summed E-state index contributed by atoms with van der Waals surface area (Å²) in [4.78, 5) is 26.3. The first-order valence-electron chi connectivity index (χ1n) is 8.32. The first-order valence-corrected chi connectivity index (χ1v) is 8.32. The van der Waals surface area contributed by atoms with Gasteiger partial charge in [-0.05, 0) is 31.0 Å². The second kappa shape index (κ2) is 6.54. The number of ketones is 1. The van der Waals surface area contributed by atoms with Gasteiger partial charge in [0.15, 0.2) is 11.2 Å². The van der Waals surface area contributed by atoms with Crippen molar-refractivity contribution in [2.75, 3.05) is 6.61 Å². The first kappa shape index (κ1) is 16.9. The van der Waals surface area contributed by atoms with E-state index in [1.807, 2.05) is 55.5 Å². The molecule has 0 N–H and O–H groups in total. The highest BCUT2D eigenvalue weighted by atomic mass is 16.5. The van der Waals surface area contributed by atoms with E-state index < -0.39 is 11.4 Å². The van der Waals surface area contributed by atoms with Gasteiger partial charge in [-0.1, -0.05) is 54.6 Å². The quantitative estimate of drug-likeness (QED) is 0.480. The van der Waals surface area contributed by atoms with Gasteiger partial charge in [0.1, 0.15) is 0 Å². The van der Waals surface area contributed by atoms with Crippen LogP contribution in [0.25, 0.3) is 5.57 Å². The molecule has 2 aromatic carbocycles. The summed E-state index contributed by atoms with van der Waals surface area (Å²) in [5.74, 6) is -0.775. The second-order valence-electron chi connectivity index (χ2n) is 6.21. The molecule has 0 aliphatic heterocycles. The zero-order valence-electron chi connectivity index (χ0n) is 14.5. The molecule has 1 aliphatic carbocycles. The summed E-state index contributed by atoms with van der Waals surface area (Å²) in [6.45, 7) is 7.64. The highest BCUT2D eigenvalue weighted by Crippen LogP contribution is 2.47. The van der Waals surface area contributed by atoms with Crippen LogP contribution in [-0.2, 0) is 16.0 Å². The summed E-state index contributed by atoms with van der Waals surface area (Å²) in [6, 6.07) is 15.0. The van der Waals surface area contributed by atoms with Gasteiger partial charge < -0.3 is 4.74 Å². The molecule has 0 amide bonds. The fraction of sp³-hybridized carbons (Fsp3) is 0.227. The van der Waals surface area contributed by atoms with Crippen LogP contribution in [0.2, 0.25) is 0 Å². The minimum absolute atomic E-state index is 0.211. The maximum atomic E-state index is 13.4. The molecule has 3 nitrogen and oxygen atoms in total. The lowest BCUT2D eigenvalue weighted by atomic mass is 9.74. The molecular formula is C22H20O3. The van der Waals surface area contributed by atoms with Crippen LogP contribution in [0.5, 0.6) is 0 Å². The molecule has 0 aromatic heterocycles. The summed E-state index contributed by atoms with van der Waals surface area (Å²) in [7, 11) is 0. The van der Waals surface area contributed by atoms with E-state index in [2.05, 4.69) is 12.3 Å². The summed E-state index contributed by atoms with van der Waals surface area (Å²) >= 11 is 0. The van der Waals surface area contributed by atoms with Crippen molar-refractivity contribution in [2.45, 2.75) is 20.3 Å². The van der Waals surface area contributed by atoms with Crippen LogP contribution in [0.15, 0.2) is 60.8 Å². The molecule has 0 fully saturated rings. The van der Waals surface area contributed by atoms with E-state index in [1.54, 1.807) is 6.92 Å². The van der Waals surface area contributed by atoms with Crippen LogP contribution in [0.4, 0.5) is 0 Å². The van der Waals surface area contributed by atoms with Crippen LogP contribution in [0, 0.1) is 12.3 Å². The van der Waals surface area contributed by atoms with Crippen LogP contribution < -0.4 is 0 Å². The smallest absolute Gasteiger partial charge is 0.325 e. The average Bonchev–Trinajstić information content (AvgIpc) is 2.90. The fourth-order valence-electron chi connectivity index (χ4n) is 3.48. The Morgan fingerprint density at radius 1 is 1.24 bits per heavy atom. The van der Waals surface area contributed by atoms with Crippen LogP contribution in [0.3, 0.4) is 0 Å². The van der Waals surface area contributed by atoms with E-state index in [1.165, 1.54) is 0 Å². The number of fused-ring (bicyclic) bond motifs is 1. The molecule has 0 bridgehead atoms. The van der Waals surface area contributed by atoms with Gasteiger partial charge in [0.05, 0.1) is 6.61 Å². The Bertz CT molecular complexity index is 889. The monoisotopic (exact) mass is 332 g/mol. The number of carbonyl (C=O) groups excluding carboxylic acids is 2. The van der Waals surface area contributed by atoms with Crippen LogP contribution >= 0.6 is 0 Å². The highest BCUT2D eigenvalue weighted by Gasteiger charge is 2.55. The lowest BCUT2D eigenvalue weighted by Gasteiger charge is -2.27. The lowest BCUT2D eigenvalue weighted by molar-refractivity contribution is -0.149. The third-order valence-corrected chi connectivity index (χ3v) is 4.64. The summed E-state index contributed by atoms with van der Waals surface area (Å²) < 4.78 is 5.32. The topological polar surface area (TPSA) is 43.4 Å². The van der Waals surface area contributed by atoms with Crippen LogP contribution in [0.1, 0.15) is 34.0 Å². The maximum Gasteiger partial charge on any atom is 0.325 e. The van der Waals surface area contributed by atoms with Crippen molar-refractivity contribution in [1.82, 2.24) is 0 Å². The lowest BCUT2D eigenvalue weighted by Crippen LogP contribution is -2.40. The predicted octanol–water partition coefficient (Wildman–Crippen LogP) is 4.15. The van der Waals surface area contributed by atoms with Gasteiger partial charge >= 0.3 is 5.97 Å². The van der Waals surface area contributed by atoms with Crippen molar-refractivity contribution in [1.29, 1.82) is 0 Å². The van der Waals surface area contributed by atoms with Gasteiger partial charge in [-0.25, -0.2) is 0 Å². The van der Waals surface area contributed by atoms with E-state index in [0.29, 0.717) is 11.1 Å². The Kier molecular flexibility index (Phi) is 4.43. The van der Waals surface area contributed by atoms with E-state index in [0.717, 1.165) is 16.7 Å². The van der Waals surface area contributed by atoms with Gasteiger partial charge in [0.2, 0.25) is 0 Å². The second-order valence-corrected chi connectivity index (χ2v) is 6.21. The molecule has 0 saturated heterocycles. The Morgan fingerprint density at radius 3 is 2.60 bits per heavy atom. The summed E-state index contributed by atoms with van der Waals surface area (Å²) in [6.07, 6.45) is 0.271. The number of Topliss-reactive ketones (excluding diaryl/α,β-unsaturated/α-hetero) is 1. The Hall–Kier alpha value is -2.90. The van der Waals surface area contributed by atoms with E-state index in [4.69, 9.17) is 4.74 Å². The number of rotatable bonds is 4. The van der Waals surface area contributed by atoms with Crippen molar-refractivity contribution < 1.29 is 14.3 Å². The third kappa shape index (κ3) is 2.63. The predicted molar refractivity (Wildman–Crippen MR) is 97.3 cm³/mol. The number of benzene rings is 2. The van der Waals surface area contributed by atoms with Crippen molar-refractivity contribution in [3.8, 4) is 0 Å². The number of hydrogen-bond acceptors (Lipinski definition) is 3. The summed E-state index contributed by atoms with van der Waals surface area (Å²) in [5.41, 5.74) is 5.09. The van der Waals surface area contributed by atoms with E-state index in [-0.39, 0.29) is 18.8 Å². The van der Waals surface area contributed by atoms with Gasteiger partial charge in [-0.2, -0.15) is 0 Å². The minimum atomic E-state index is -1.42. The minimum Gasteiger partial charge on any atom is -0.465 e. The molecule has 0 radical (unpaired) electrons. The molecule has 2 aromatic rings. The third-order valence-electron chi connectivity index (χ3n) is 4.64. The molecule has 1 atom stereocenters. The molecule has 0 saturated carbocycles. The number of ether oxygens (including phenoxy) is 1. The molecule has 0 spiro atoms. The van der Waals surface area contributed by atoms with Gasteiger partial charge in [-0.3, -0.25) is 9.59 Å². The van der Waals surface area contributed by atoms with Crippen molar-refractivity contribution in [3.63, 3.8) is 0 Å². The standard InChI is InChI=1S/C22H20O3/c1-4-19(16-9-7-6-8-10-16)22(21(24)25-5-2)14-17-12-11-15(3)13-18(17)20(22)23/h6-13H,1,5,14H2,2-3H3/t22-/m0/s1. The molecule has 1 aliphatic rings. The molecule has 25 heavy (non-hydrogen) atoms.